The van der Waals surface area contributed by atoms with Gasteiger partial charge in [0, 0.05) is 12.2 Å². The molecule has 5 nitrogen and oxygen atoms in total. The van der Waals surface area contributed by atoms with Gasteiger partial charge >= 0.3 is 0 Å². The first-order chi connectivity index (χ1) is 12.8. The smallest absolute Gasteiger partial charge is 0.243 e. The van der Waals surface area contributed by atoms with E-state index in [1.807, 2.05) is 31.2 Å². The summed E-state index contributed by atoms with van der Waals surface area (Å²) < 4.78 is 27.3. The lowest BCUT2D eigenvalue weighted by Crippen LogP contribution is -2.43. The van der Waals surface area contributed by atoms with Gasteiger partial charge in [-0.3, -0.25) is 4.79 Å². The molecule has 0 bridgehead atoms. The van der Waals surface area contributed by atoms with Crippen molar-refractivity contribution in [3.63, 3.8) is 0 Å². The molecule has 1 fully saturated rings. The van der Waals surface area contributed by atoms with Gasteiger partial charge in [-0.2, -0.15) is 4.31 Å². The molecule has 1 heterocycles. The summed E-state index contributed by atoms with van der Waals surface area (Å²) in [6, 6.07) is 13.8. The molecule has 1 saturated heterocycles. The standard InChI is InChI=1S/C21H26N2O3S/c1-15(2)17-8-10-18(11-9-17)22-21(24)20-5-4-14-23(20)27(25,26)19-12-6-16(3)7-13-19/h6-13,15,20H,4-5,14H2,1-3H3,(H,22,24)/t20-/m0/s1. The van der Waals surface area contributed by atoms with Crippen molar-refractivity contribution in [2.24, 2.45) is 0 Å². The number of hydrogen-bond acceptors (Lipinski definition) is 3. The second-order valence-electron chi connectivity index (χ2n) is 7.35. The van der Waals surface area contributed by atoms with Crippen LogP contribution in [0, 0.1) is 6.92 Å². The summed E-state index contributed by atoms with van der Waals surface area (Å²) in [4.78, 5) is 13.0. The highest BCUT2D eigenvalue weighted by atomic mass is 32.2. The molecule has 144 valence electrons. The highest BCUT2D eigenvalue weighted by Gasteiger charge is 2.39. The number of benzene rings is 2. The number of carbonyl (C=O) groups excluding carboxylic acids is 1. The van der Waals surface area contributed by atoms with Crippen LogP contribution in [-0.2, 0) is 14.8 Å². The Bertz CT molecular complexity index is 903. The summed E-state index contributed by atoms with van der Waals surface area (Å²) in [7, 11) is -3.69. The number of amides is 1. The first-order valence-electron chi connectivity index (χ1n) is 9.28. The Labute approximate surface area is 161 Å². The van der Waals surface area contributed by atoms with E-state index in [9.17, 15) is 13.2 Å². The van der Waals surface area contributed by atoms with Gasteiger partial charge in [-0.05, 0) is 55.5 Å². The van der Waals surface area contributed by atoms with Crippen molar-refractivity contribution >= 4 is 21.6 Å². The Kier molecular flexibility index (Phi) is 5.67. The van der Waals surface area contributed by atoms with E-state index >= 15 is 0 Å². The zero-order chi connectivity index (χ0) is 19.6. The fourth-order valence-electron chi connectivity index (χ4n) is 3.31. The van der Waals surface area contributed by atoms with Gasteiger partial charge in [-0.25, -0.2) is 8.42 Å². The fourth-order valence-corrected chi connectivity index (χ4v) is 4.97. The third-order valence-corrected chi connectivity index (χ3v) is 6.90. The number of nitrogens with one attached hydrogen (secondary N) is 1. The van der Waals surface area contributed by atoms with E-state index < -0.39 is 16.1 Å². The molecule has 1 aliphatic heterocycles. The van der Waals surface area contributed by atoms with Gasteiger partial charge in [0.15, 0.2) is 0 Å². The molecule has 1 aliphatic rings. The predicted octanol–water partition coefficient (Wildman–Crippen LogP) is 3.91. The fraction of sp³-hybridized carbons (Fsp3) is 0.381. The van der Waals surface area contributed by atoms with Crippen LogP contribution in [-0.4, -0.2) is 31.2 Å². The van der Waals surface area contributed by atoms with E-state index in [0.29, 0.717) is 31.0 Å². The van der Waals surface area contributed by atoms with Crippen LogP contribution in [0.25, 0.3) is 0 Å². The Morgan fingerprint density at radius 3 is 2.30 bits per heavy atom. The van der Waals surface area contributed by atoms with Crippen molar-refractivity contribution in [3.05, 3.63) is 59.7 Å². The molecule has 0 saturated carbocycles. The van der Waals surface area contributed by atoms with E-state index in [0.717, 1.165) is 5.56 Å². The van der Waals surface area contributed by atoms with Crippen molar-refractivity contribution in [2.45, 2.75) is 50.5 Å². The van der Waals surface area contributed by atoms with Crippen LogP contribution in [0.4, 0.5) is 5.69 Å². The molecule has 2 aromatic rings. The number of aryl methyl sites for hydroxylation is 1. The van der Waals surface area contributed by atoms with Crippen LogP contribution in [0.1, 0.15) is 43.7 Å². The molecular formula is C21H26N2O3S. The number of anilines is 1. The van der Waals surface area contributed by atoms with Gasteiger partial charge in [0.25, 0.3) is 0 Å². The summed E-state index contributed by atoms with van der Waals surface area (Å²) in [5.74, 6) is 0.139. The van der Waals surface area contributed by atoms with Crippen molar-refractivity contribution in [1.29, 1.82) is 0 Å². The quantitative estimate of drug-likeness (QED) is 0.847. The van der Waals surface area contributed by atoms with Gasteiger partial charge in [0.1, 0.15) is 6.04 Å². The molecule has 1 amide bonds. The summed E-state index contributed by atoms with van der Waals surface area (Å²) in [6.45, 7) is 6.49. The van der Waals surface area contributed by atoms with Crippen molar-refractivity contribution in [1.82, 2.24) is 4.31 Å². The van der Waals surface area contributed by atoms with E-state index in [4.69, 9.17) is 0 Å². The SMILES string of the molecule is Cc1ccc(S(=O)(=O)N2CCC[C@H]2C(=O)Nc2ccc(C(C)C)cc2)cc1. The van der Waals surface area contributed by atoms with Gasteiger partial charge in [-0.1, -0.05) is 43.7 Å². The van der Waals surface area contributed by atoms with Crippen molar-refractivity contribution in [2.75, 3.05) is 11.9 Å². The lowest BCUT2D eigenvalue weighted by molar-refractivity contribution is -0.119. The maximum absolute atomic E-state index is 13.0. The molecule has 1 N–H and O–H groups in total. The molecule has 0 radical (unpaired) electrons. The Morgan fingerprint density at radius 1 is 1.07 bits per heavy atom. The first-order valence-corrected chi connectivity index (χ1v) is 10.7. The Balaban J connectivity index is 1.77. The van der Waals surface area contributed by atoms with Crippen LogP contribution >= 0.6 is 0 Å². The summed E-state index contributed by atoms with van der Waals surface area (Å²) in [6.07, 6.45) is 1.20. The highest BCUT2D eigenvalue weighted by molar-refractivity contribution is 7.89. The van der Waals surface area contributed by atoms with Gasteiger partial charge in [0.05, 0.1) is 4.90 Å². The molecule has 27 heavy (non-hydrogen) atoms. The average molecular weight is 387 g/mol. The molecule has 1 atom stereocenters. The van der Waals surface area contributed by atoms with Crippen molar-refractivity contribution < 1.29 is 13.2 Å². The maximum Gasteiger partial charge on any atom is 0.243 e. The predicted molar refractivity (Wildman–Crippen MR) is 107 cm³/mol. The first kappa shape index (κ1) is 19.6. The second kappa shape index (κ2) is 7.82. The van der Waals surface area contributed by atoms with E-state index in [2.05, 4.69) is 19.2 Å². The zero-order valence-electron chi connectivity index (χ0n) is 16.0. The maximum atomic E-state index is 13.0. The number of carbonyl (C=O) groups is 1. The minimum atomic E-state index is -3.69. The monoisotopic (exact) mass is 386 g/mol. The van der Waals surface area contributed by atoms with Crippen LogP contribution < -0.4 is 5.32 Å². The second-order valence-corrected chi connectivity index (χ2v) is 9.24. The number of hydrogen-bond donors (Lipinski definition) is 1. The van der Waals surface area contributed by atoms with Gasteiger partial charge < -0.3 is 5.32 Å². The van der Waals surface area contributed by atoms with Crippen LogP contribution in [0.15, 0.2) is 53.4 Å². The third-order valence-electron chi connectivity index (χ3n) is 4.98. The number of rotatable bonds is 5. The molecule has 0 unspecified atom stereocenters. The number of nitrogens with zero attached hydrogens (tertiary/aromatic N) is 1. The molecule has 2 aromatic carbocycles. The molecule has 0 aliphatic carbocycles. The largest absolute Gasteiger partial charge is 0.325 e. The third kappa shape index (κ3) is 4.22. The molecular weight excluding hydrogens is 360 g/mol. The van der Waals surface area contributed by atoms with Gasteiger partial charge in [0.2, 0.25) is 15.9 Å². The lowest BCUT2D eigenvalue weighted by atomic mass is 10.0. The zero-order valence-corrected chi connectivity index (χ0v) is 16.8. The van der Waals surface area contributed by atoms with Crippen LogP contribution in [0.5, 0.6) is 0 Å². The minimum absolute atomic E-state index is 0.231. The average Bonchev–Trinajstić information content (AvgIpc) is 3.13. The molecule has 0 spiro atoms. The van der Waals surface area contributed by atoms with Crippen molar-refractivity contribution in [3.8, 4) is 0 Å². The van der Waals surface area contributed by atoms with Crippen LogP contribution in [0.2, 0.25) is 0 Å². The summed E-state index contributed by atoms with van der Waals surface area (Å²) >= 11 is 0. The van der Waals surface area contributed by atoms with Gasteiger partial charge in [-0.15, -0.1) is 0 Å². The Morgan fingerprint density at radius 2 is 1.70 bits per heavy atom. The Hall–Kier alpha value is -2.18. The lowest BCUT2D eigenvalue weighted by Gasteiger charge is -2.23. The molecule has 0 aromatic heterocycles. The van der Waals surface area contributed by atoms with E-state index in [-0.39, 0.29) is 10.8 Å². The molecule has 3 rings (SSSR count). The number of sulfonamides is 1. The van der Waals surface area contributed by atoms with E-state index in [1.165, 1.54) is 9.87 Å². The van der Waals surface area contributed by atoms with Crippen LogP contribution in [0.3, 0.4) is 0 Å². The topological polar surface area (TPSA) is 66.5 Å². The summed E-state index contributed by atoms with van der Waals surface area (Å²) in [5.41, 5.74) is 2.87. The highest BCUT2D eigenvalue weighted by Crippen LogP contribution is 2.27. The summed E-state index contributed by atoms with van der Waals surface area (Å²) in [5, 5.41) is 2.87. The minimum Gasteiger partial charge on any atom is -0.325 e. The normalized spacial score (nSPS) is 18.0. The van der Waals surface area contributed by atoms with E-state index in [1.54, 1.807) is 24.3 Å². The molecule has 6 heteroatoms.